The van der Waals surface area contributed by atoms with Gasteiger partial charge in [-0.05, 0) is 24.2 Å². The molecule has 0 nitrogen and oxygen atoms in total. The highest BCUT2D eigenvalue weighted by Gasteiger charge is 2.28. The van der Waals surface area contributed by atoms with Crippen molar-refractivity contribution in [2.24, 2.45) is 11.3 Å². The molecule has 0 N–H and O–H groups in total. The van der Waals surface area contributed by atoms with Crippen molar-refractivity contribution < 1.29 is 0 Å². The molecule has 0 atom stereocenters. The fraction of sp³-hybridized carbons (Fsp3) is 0.833. The number of allylic oxidation sites excluding steroid dienone is 1. The minimum Gasteiger partial charge on any atom is -0.103 e. The van der Waals surface area contributed by atoms with Crippen LogP contribution in [0.3, 0.4) is 0 Å². The number of hydrogen-bond acceptors (Lipinski definition) is 0. The van der Waals surface area contributed by atoms with Gasteiger partial charge in [0.25, 0.3) is 0 Å². The highest BCUT2D eigenvalue weighted by molar-refractivity contribution is 4.82. The van der Waals surface area contributed by atoms with Gasteiger partial charge in [0.05, 0.1) is 0 Å². The van der Waals surface area contributed by atoms with Gasteiger partial charge in [-0.25, -0.2) is 0 Å². The summed E-state index contributed by atoms with van der Waals surface area (Å²) in [6.45, 7) is 13.1. The molecule has 0 aliphatic carbocycles. The van der Waals surface area contributed by atoms with Gasteiger partial charge in [0, 0.05) is 0 Å². The van der Waals surface area contributed by atoms with E-state index in [1.807, 2.05) is 6.08 Å². The molecule has 12 heavy (non-hydrogen) atoms. The Bertz CT molecular complexity index is 118. The van der Waals surface area contributed by atoms with Crippen LogP contribution < -0.4 is 0 Å². The Kier molecular flexibility index (Phi) is 5.28. The third-order valence-corrected chi connectivity index (χ3v) is 3.48. The highest BCUT2D eigenvalue weighted by atomic mass is 14.3. The first-order valence-corrected chi connectivity index (χ1v) is 5.23. The lowest BCUT2D eigenvalue weighted by atomic mass is 9.70. The van der Waals surface area contributed by atoms with Gasteiger partial charge >= 0.3 is 0 Å². The maximum Gasteiger partial charge on any atom is -0.0277 e. The predicted octanol–water partition coefficient (Wildman–Crippen LogP) is 4.42. The molecule has 0 unspecified atom stereocenters. The van der Waals surface area contributed by atoms with Crippen LogP contribution in [0.2, 0.25) is 0 Å². The van der Waals surface area contributed by atoms with E-state index in [2.05, 4.69) is 34.3 Å². The third-order valence-electron chi connectivity index (χ3n) is 3.48. The van der Waals surface area contributed by atoms with Crippen molar-refractivity contribution >= 4 is 0 Å². The van der Waals surface area contributed by atoms with Crippen LogP contribution in [-0.4, -0.2) is 0 Å². The van der Waals surface area contributed by atoms with Crippen molar-refractivity contribution in [3.63, 3.8) is 0 Å². The van der Waals surface area contributed by atoms with E-state index in [0.29, 0.717) is 5.41 Å². The van der Waals surface area contributed by atoms with Crippen LogP contribution in [-0.2, 0) is 0 Å². The molecule has 0 aromatic heterocycles. The standard InChI is InChI=1S/C12H24/c1-6-9-10-12(7-2,8-3)11(4)5/h6,11H,1,7-10H2,2-5H3. The molecule has 0 rings (SSSR count). The monoisotopic (exact) mass is 168 g/mol. The Morgan fingerprint density at radius 1 is 1.25 bits per heavy atom. The normalized spacial score (nSPS) is 12.1. The maximum absolute atomic E-state index is 3.79. The second-order valence-corrected chi connectivity index (χ2v) is 4.05. The summed E-state index contributed by atoms with van der Waals surface area (Å²) in [6.07, 6.45) is 7.12. The Morgan fingerprint density at radius 2 is 1.75 bits per heavy atom. The molecular weight excluding hydrogens is 144 g/mol. The zero-order valence-corrected chi connectivity index (χ0v) is 9.19. The maximum atomic E-state index is 3.79. The molecule has 0 saturated heterocycles. The molecule has 0 heteroatoms. The van der Waals surface area contributed by atoms with Crippen LogP contribution in [0.5, 0.6) is 0 Å². The van der Waals surface area contributed by atoms with E-state index in [1.54, 1.807) is 0 Å². The quantitative estimate of drug-likeness (QED) is 0.515. The van der Waals surface area contributed by atoms with E-state index < -0.39 is 0 Å². The largest absolute Gasteiger partial charge is 0.103 e. The molecule has 0 aliphatic rings. The topological polar surface area (TPSA) is 0 Å². The Labute approximate surface area is 78.1 Å². The lowest BCUT2D eigenvalue weighted by Crippen LogP contribution is -2.25. The summed E-state index contributed by atoms with van der Waals surface area (Å²) in [6, 6.07) is 0. The van der Waals surface area contributed by atoms with Crippen molar-refractivity contribution in [2.75, 3.05) is 0 Å². The summed E-state index contributed by atoms with van der Waals surface area (Å²) in [7, 11) is 0. The van der Waals surface area contributed by atoms with E-state index in [4.69, 9.17) is 0 Å². The lowest BCUT2D eigenvalue weighted by Gasteiger charge is -2.36. The van der Waals surface area contributed by atoms with Gasteiger partial charge in [0.1, 0.15) is 0 Å². The van der Waals surface area contributed by atoms with Gasteiger partial charge < -0.3 is 0 Å². The summed E-state index contributed by atoms with van der Waals surface area (Å²) in [5, 5.41) is 0. The fourth-order valence-electron chi connectivity index (χ4n) is 2.10. The van der Waals surface area contributed by atoms with Gasteiger partial charge in [-0.15, -0.1) is 6.58 Å². The average Bonchev–Trinajstić information content (AvgIpc) is 2.07. The van der Waals surface area contributed by atoms with Crippen molar-refractivity contribution in [3.05, 3.63) is 12.7 Å². The molecule has 0 aliphatic heterocycles. The molecule has 0 aromatic rings. The number of rotatable bonds is 6. The van der Waals surface area contributed by atoms with E-state index >= 15 is 0 Å². The molecule has 72 valence electrons. The second kappa shape index (κ2) is 5.40. The molecule has 0 fully saturated rings. The predicted molar refractivity (Wildman–Crippen MR) is 57.3 cm³/mol. The van der Waals surface area contributed by atoms with E-state index in [1.165, 1.54) is 25.7 Å². The van der Waals surface area contributed by atoms with E-state index in [9.17, 15) is 0 Å². The van der Waals surface area contributed by atoms with Crippen molar-refractivity contribution in [1.82, 2.24) is 0 Å². The zero-order chi connectivity index (χ0) is 9.61. The average molecular weight is 168 g/mol. The van der Waals surface area contributed by atoms with Crippen molar-refractivity contribution in [1.29, 1.82) is 0 Å². The summed E-state index contributed by atoms with van der Waals surface area (Å²) < 4.78 is 0. The van der Waals surface area contributed by atoms with Crippen LogP contribution >= 0.6 is 0 Å². The van der Waals surface area contributed by atoms with Gasteiger partial charge in [0.15, 0.2) is 0 Å². The second-order valence-electron chi connectivity index (χ2n) is 4.05. The summed E-state index contributed by atoms with van der Waals surface area (Å²) in [5.41, 5.74) is 0.564. The zero-order valence-electron chi connectivity index (χ0n) is 9.19. The van der Waals surface area contributed by atoms with E-state index in [0.717, 1.165) is 5.92 Å². The van der Waals surface area contributed by atoms with Gasteiger partial charge in [-0.1, -0.05) is 46.6 Å². The Balaban J connectivity index is 4.24. The highest BCUT2D eigenvalue weighted by Crippen LogP contribution is 2.39. The van der Waals surface area contributed by atoms with Crippen molar-refractivity contribution in [2.45, 2.75) is 53.4 Å². The smallest absolute Gasteiger partial charge is 0.0277 e. The first-order valence-electron chi connectivity index (χ1n) is 5.23. The minimum absolute atomic E-state index is 0.564. The Morgan fingerprint density at radius 3 is 2.00 bits per heavy atom. The third kappa shape index (κ3) is 2.66. The molecule has 0 spiro atoms. The van der Waals surface area contributed by atoms with Crippen LogP contribution in [0.1, 0.15) is 53.4 Å². The fourth-order valence-corrected chi connectivity index (χ4v) is 2.10. The lowest BCUT2D eigenvalue weighted by molar-refractivity contribution is 0.155. The first-order chi connectivity index (χ1) is 5.63. The van der Waals surface area contributed by atoms with Crippen molar-refractivity contribution in [3.8, 4) is 0 Å². The molecule has 0 radical (unpaired) electrons. The number of hydrogen-bond donors (Lipinski definition) is 0. The minimum atomic E-state index is 0.564. The summed E-state index contributed by atoms with van der Waals surface area (Å²) >= 11 is 0. The Hall–Kier alpha value is -0.260. The van der Waals surface area contributed by atoms with E-state index in [-0.39, 0.29) is 0 Å². The molecule has 0 amide bonds. The summed E-state index contributed by atoms with van der Waals surface area (Å²) in [5.74, 6) is 0.799. The van der Waals surface area contributed by atoms with Gasteiger partial charge in [-0.2, -0.15) is 0 Å². The summed E-state index contributed by atoms with van der Waals surface area (Å²) in [4.78, 5) is 0. The van der Waals surface area contributed by atoms with Gasteiger partial charge in [0.2, 0.25) is 0 Å². The first kappa shape index (κ1) is 11.7. The van der Waals surface area contributed by atoms with Gasteiger partial charge in [-0.3, -0.25) is 0 Å². The van der Waals surface area contributed by atoms with Crippen LogP contribution in [0.15, 0.2) is 12.7 Å². The van der Waals surface area contributed by atoms with Crippen LogP contribution in [0.25, 0.3) is 0 Å². The van der Waals surface area contributed by atoms with Crippen LogP contribution in [0, 0.1) is 11.3 Å². The molecular formula is C12H24. The SMILES string of the molecule is C=CCCC(CC)(CC)C(C)C. The van der Waals surface area contributed by atoms with Crippen LogP contribution in [0.4, 0.5) is 0 Å². The molecule has 0 bridgehead atoms. The molecule has 0 saturated carbocycles. The molecule has 0 aromatic carbocycles. The molecule has 0 heterocycles.